The highest BCUT2D eigenvalue weighted by atomic mass is 35.5. The maximum Gasteiger partial charge on any atom is 0.125 e. The van der Waals surface area contributed by atoms with Gasteiger partial charge in [0.1, 0.15) is 6.11 Å². The third-order valence-electron chi connectivity index (χ3n) is 0.0423. The van der Waals surface area contributed by atoms with E-state index in [0.29, 0.717) is 0 Å². The Hall–Kier alpha value is -0.350. The third kappa shape index (κ3) is 1.65. The van der Waals surface area contributed by atoms with Crippen molar-refractivity contribution in [3.63, 3.8) is 0 Å². The van der Waals surface area contributed by atoms with Crippen LogP contribution in [0.4, 0.5) is 0 Å². The lowest BCUT2D eigenvalue weighted by Gasteiger charge is -1.40. The maximum absolute atomic E-state index is 7.38. The Bertz CT molecular complexity index is 42.8. The standard InChI is InChI=1S/C2HClO/c3-1-2-4/h4H. The van der Waals surface area contributed by atoms with Crippen LogP contribution in [0.1, 0.15) is 0 Å². The molecule has 0 aliphatic heterocycles. The number of hydrogen-bond donors (Lipinski definition) is 1. The molecule has 0 amide bonds. The molecule has 0 saturated heterocycles. The molecule has 0 atom stereocenters. The van der Waals surface area contributed by atoms with Crippen molar-refractivity contribution in [2.45, 2.75) is 0 Å². The van der Waals surface area contributed by atoms with Crippen molar-refractivity contribution in [2.24, 2.45) is 0 Å². The zero-order valence-electron chi connectivity index (χ0n) is 1.83. The number of hydrogen-bond acceptors (Lipinski definition) is 1. The molecule has 4 heavy (non-hydrogen) atoms. The Morgan fingerprint density at radius 3 is 2.00 bits per heavy atom. The monoisotopic (exact) mass is 76.0 g/mol. The summed E-state index contributed by atoms with van der Waals surface area (Å²) in [5.74, 6) is 0. The quantitative estimate of drug-likeness (QED) is 0.417. The first-order valence-corrected chi connectivity index (χ1v) is 1.04. The van der Waals surface area contributed by atoms with Crippen LogP contribution in [-0.2, 0) is 0 Å². The normalized spacial score (nSPS) is 3.25. The van der Waals surface area contributed by atoms with Gasteiger partial charge in [-0.3, -0.25) is 0 Å². The summed E-state index contributed by atoms with van der Waals surface area (Å²) in [4.78, 5) is 0. The van der Waals surface area contributed by atoms with Crippen molar-refractivity contribution < 1.29 is 5.11 Å². The molecule has 0 rings (SSSR count). The lowest BCUT2D eigenvalue weighted by atomic mass is 11.3. The zero-order chi connectivity index (χ0) is 3.41. The van der Waals surface area contributed by atoms with Gasteiger partial charge in [-0.15, -0.1) is 0 Å². The minimum absolute atomic E-state index is 1.45. The van der Waals surface area contributed by atoms with E-state index in [1.165, 1.54) is 6.11 Å². The molecule has 0 fully saturated rings. The maximum atomic E-state index is 7.38. The summed E-state index contributed by atoms with van der Waals surface area (Å²) >= 11 is 4.57. The van der Waals surface area contributed by atoms with E-state index in [2.05, 4.69) is 11.6 Å². The summed E-state index contributed by atoms with van der Waals surface area (Å²) in [5, 5.41) is 9.09. The van der Waals surface area contributed by atoms with Gasteiger partial charge in [0, 0.05) is 5.38 Å². The van der Waals surface area contributed by atoms with Crippen LogP contribution < -0.4 is 0 Å². The first kappa shape index (κ1) is 3.65. The predicted molar refractivity (Wildman–Crippen MR) is 15.6 cm³/mol. The van der Waals surface area contributed by atoms with Crippen molar-refractivity contribution in [3.05, 3.63) is 0 Å². The Labute approximate surface area is 29.2 Å². The summed E-state index contributed by atoms with van der Waals surface area (Å²) in [6.07, 6.45) is 1.45. The fourth-order valence-electron chi connectivity index (χ4n) is 0. The van der Waals surface area contributed by atoms with Crippen molar-refractivity contribution >= 4 is 11.6 Å². The zero-order valence-corrected chi connectivity index (χ0v) is 2.58. The Morgan fingerprint density at radius 1 is 1.75 bits per heavy atom. The van der Waals surface area contributed by atoms with Gasteiger partial charge in [0.25, 0.3) is 0 Å². The molecule has 0 unspecified atom stereocenters. The topological polar surface area (TPSA) is 20.2 Å². The van der Waals surface area contributed by atoms with Crippen molar-refractivity contribution in [1.82, 2.24) is 0 Å². The lowest BCUT2D eigenvalue weighted by Crippen LogP contribution is -1.34. The molecule has 0 aliphatic rings. The molecule has 1 N–H and O–H groups in total. The lowest BCUT2D eigenvalue weighted by molar-refractivity contribution is 0.518. The van der Waals surface area contributed by atoms with E-state index in [0.717, 1.165) is 0 Å². The third-order valence-corrected chi connectivity index (χ3v) is 0.127. The number of aliphatic hydroxyl groups is 1. The highest BCUT2D eigenvalue weighted by molar-refractivity contribution is 6.30. The van der Waals surface area contributed by atoms with Crippen LogP contribution in [0.5, 0.6) is 0 Å². The molecule has 0 aromatic carbocycles. The smallest absolute Gasteiger partial charge is 0.125 e. The highest BCUT2D eigenvalue weighted by Crippen LogP contribution is 1.53. The van der Waals surface area contributed by atoms with E-state index in [4.69, 9.17) is 5.11 Å². The average Bonchev–Trinajstić information content (AvgIpc) is 1.37. The largest absolute Gasteiger partial charge is 0.461 e. The van der Waals surface area contributed by atoms with E-state index < -0.39 is 0 Å². The molecule has 1 nitrogen and oxygen atoms in total. The molecule has 0 aromatic heterocycles. The number of rotatable bonds is 0. The second-order valence-electron chi connectivity index (χ2n) is 0.206. The molecule has 22 valence electrons. The van der Waals surface area contributed by atoms with Crippen molar-refractivity contribution in [1.29, 1.82) is 0 Å². The van der Waals surface area contributed by atoms with E-state index >= 15 is 0 Å². The fourth-order valence-corrected chi connectivity index (χ4v) is 0. The van der Waals surface area contributed by atoms with Gasteiger partial charge in [-0.25, -0.2) is 0 Å². The van der Waals surface area contributed by atoms with Crippen LogP contribution in [0.15, 0.2) is 0 Å². The van der Waals surface area contributed by atoms with Crippen LogP contribution >= 0.6 is 11.6 Å². The van der Waals surface area contributed by atoms with Gasteiger partial charge in [0.2, 0.25) is 0 Å². The Balaban J connectivity index is 2.83. The van der Waals surface area contributed by atoms with Gasteiger partial charge in [0.05, 0.1) is 0 Å². The molecule has 0 radical (unpaired) electrons. The van der Waals surface area contributed by atoms with E-state index in [9.17, 15) is 0 Å². The van der Waals surface area contributed by atoms with E-state index in [-0.39, 0.29) is 0 Å². The number of halogens is 1. The van der Waals surface area contributed by atoms with Crippen molar-refractivity contribution in [2.75, 3.05) is 0 Å². The molecular weight excluding hydrogens is 75.5 g/mol. The van der Waals surface area contributed by atoms with Gasteiger partial charge in [-0.2, -0.15) is 0 Å². The Morgan fingerprint density at radius 2 is 2.00 bits per heavy atom. The molecule has 0 aromatic rings. The van der Waals surface area contributed by atoms with Gasteiger partial charge < -0.3 is 5.11 Å². The first-order valence-electron chi connectivity index (χ1n) is 0.663. The summed E-state index contributed by atoms with van der Waals surface area (Å²) in [7, 11) is 0. The second-order valence-corrected chi connectivity index (χ2v) is 0.395. The number of aliphatic hydroxyl groups excluding tert-OH is 1. The minimum atomic E-state index is 1.45. The molecule has 0 heterocycles. The molecule has 0 spiro atoms. The summed E-state index contributed by atoms with van der Waals surface area (Å²) in [6, 6.07) is 0. The SMILES string of the molecule is OC#CCl. The first-order chi connectivity index (χ1) is 1.91. The summed E-state index contributed by atoms with van der Waals surface area (Å²) < 4.78 is 0. The van der Waals surface area contributed by atoms with Crippen LogP contribution in [0.3, 0.4) is 0 Å². The molecular formula is C2HClO. The molecule has 0 bridgehead atoms. The molecule has 2 heteroatoms. The molecule has 0 aliphatic carbocycles. The van der Waals surface area contributed by atoms with Gasteiger partial charge >= 0.3 is 0 Å². The van der Waals surface area contributed by atoms with Crippen LogP contribution in [0, 0.1) is 11.5 Å². The van der Waals surface area contributed by atoms with Crippen LogP contribution in [0.2, 0.25) is 0 Å². The van der Waals surface area contributed by atoms with Gasteiger partial charge in [-0.05, 0) is 11.6 Å². The van der Waals surface area contributed by atoms with Crippen molar-refractivity contribution in [3.8, 4) is 11.5 Å². The van der Waals surface area contributed by atoms with E-state index in [1.54, 1.807) is 5.38 Å². The summed E-state index contributed by atoms with van der Waals surface area (Å²) in [6.45, 7) is 0. The van der Waals surface area contributed by atoms with Gasteiger partial charge in [-0.1, -0.05) is 0 Å². The molecule has 0 saturated carbocycles. The predicted octanol–water partition coefficient (Wildman–Crippen LogP) is 0.516. The fraction of sp³-hybridized carbons (Fsp3) is 0. The highest BCUT2D eigenvalue weighted by Gasteiger charge is 1.32. The van der Waals surface area contributed by atoms with Gasteiger partial charge in [0.15, 0.2) is 0 Å². The average molecular weight is 76.5 g/mol. The van der Waals surface area contributed by atoms with Crippen LogP contribution in [0.25, 0.3) is 0 Å². The Kier molecular flexibility index (Phi) is 2.42. The van der Waals surface area contributed by atoms with Crippen LogP contribution in [-0.4, -0.2) is 5.11 Å². The minimum Gasteiger partial charge on any atom is -0.461 e. The van der Waals surface area contributed by atoms with E-state index in [1.807, 2.05) is 0 Å². The second kappa shape index (κ2) is 2.65. The summed E-state index contributed by atoms with van der Waals surface area (Å²) in [5.41, 5.74) is 0.